The van der Waals surface area contributed by atoms with Crippen LogP contribution in [0.3, 0.4) is 0 Å². The number of carbonyl (C=O) groups is 1. The SMILES string of the molecule is O=C(Nc1ccccc1N1CCc2ccccc21)c1ccsc1. The number of nitrogens with zero attached hydrogens (tertiary/aromatic N) is 1. The van der Waals surface area contributed by atoms with Gasteiger partial charge in [-0.05, 0) is 41.6 Å². The molecule has 23 heavy (non-hydrogen) atoms. The van der Waals surface area contributed by atoms with E-state index in [4.69, 9.17) is 0 Å². The summed E-state index contributed by atoms with van der Waals surface area (Å²) in [5, 5.41) is 6.83. The number of hydrogen-bond donors (Lipinski definition) is 1. The van der Waals surface area contributed by atoms with Crippen molar-refractivity contribution in [1.29, 1.82) is 0 Å². The number of amides is 1. The molecule has 0 bridgehead atoms. The predicted octanol–water partition coefficient (Wildman–Crippen LogP) is 4.69. The van der Waals surface area contributed by atoms with Gasteiger partial charge in [0.15, 0.2) is 0 Å². The van der Waals surface area contributed by atoms with E-state index in [-0.39, 0.29) is 5.91 Å². The zero-order valence-corrected chi connectivity index (χ0v) is 13.3. The lowest BCUT2D eigenvalue weighted by Crippen LogP contribution is -2.18. The van der Waals surface area contributed by atoms with Crippen molar-refractivity contribution in [3.05, 3.63) is 76.5 Å². The largest absolute Gasteiger partial charge is 0.339 e. The van der Waals surface area contributed by atoms with Crippen molar-refractivity contribution in [2.75, 3.05) is 16.8 Å². The van der Waals surface area contributed by atoms with Gasteiger partial charge < -0.3 is 10.2 Å². The molecule has 0 atom stereocenters. The van der Waals surface area contributed by atoms with Crippen LogP contribution in [0.2, 0.25) is 0 Å². The minimum Gasteiger partial charge on any atom is -0.339 e. The molecule has 1 aliphatic heterocycles. The standard InChI is InChI=1S/C19H16N2OS/c22-19(15-10-12-23-13-15)20-16-6-2-4-8-18(16)21-11-9-14-5-1-3-7-17(14)21/h1-8,10,12-13H,9,11H2,(H,20,22). The monoisotopic (exact) mass is 320 g/mol. The Morgan fingerprint density at radius 2 is 1.78 bits per heavy atom. The highest BCUT2D eigenvalue weighted by atomic mass is 32.1. The van der Waals surface area contributed by atoms with E-state index in [2.05, 4.69) is 40.5 Å². The summed E-state index contributed by atoms with van der Waals surface area (Å²) in [5.41, 5.74) is 5.17. The molecule has 2 aromatic carbocycles. The normalized spacial score (nSPS) is 13.0. The zero-order chi connectivity index (χ0) is 15.6. The number of rotatable bonds is 3. The Bertz CT molecular complexity index is 842. The molecule has 0 spiro atoms. The van der Waals surface area contributed by atoms with Crippen molar-refractivity contribution in [1.82, 2.24) is 0 Å². The van der Waals surface area contributed by atoms with E-state index in [0.717, 1.165) is 24.3 Å². The minimum absolute atomic E-state index is 0.0637. The fourth-order valence-electron chi connectivity index (χ4n) is 2.99. The van der Waals surface area contributed by atoms with Crippen LogP contribution in [0.4, 0.5) is 17.1 Å². The Balaban J connectivity index is 1.67. The van der Waals surface area contributed by atoms with E-state index in [9.17, 15) is 4.79 Å². The molecule has 0 aliphatic carbocycles. The van der Waals surface area contributed by atoms with E-state index < -0.39 is 0 Å². The van der Waals surface area contributed by atoms with Gasteiger partial charge in [0.05, 0.1) is 16.9 Å². The Labute approximate surface area is 139 Å². The molecule has 1 aromatic heterocycles. The van der Waals surface area contributed by atoms with Gasteiger partial charge in [0.1, 0.15) is 0 Å². The van der Waals surface area contributed by atoms with E-state index in [1.54, 1.807) is 0 Å². The highest BCUT2D eigenvalue weighted by Crippen LogP contribution is 2.38. The lowest BCUT2D eigenvalue weighted by atomic mass is 10.1. The summed E-state index contributed by atoms with van der Waals surface area (Å²) in [6.45, 7) is 0.935. The number of nitrogens with one attached hydrogen (secondary N) is 1. The highest BCUT2D eigenvalue weighted by molar-refractivity contribution is 7.08. The van der Waals surface area contributed by atoms with E-state index in [1.807, 2.05) is 35.0 Å². The third kappa shape index (κ3) is 2.62. The molecule has 114 valence electrons. The number of carbonyl (C=O) groups excluding carboxylic acids is 1. The van der Waals surface area contributed by atoms with Crippen LogP contribution in [0.5, 0.6) is 0 Å². The highest BCUT2D eigenvalue weighted by Gasteiger charge is 2.22. The van der Waals surface area contributed by atoms with Gasteiger partial charge in [-0.15, -0.1) is 0 Å². The second-order valence-electron chi connectivity index (χ2n) is 5.51. The second kappa shape index (κ2) is 5.89. The lowest BCUT2D eigenvalue weighted by molar-refractivity contribution is 0.102. The van der Waals surface area contributed by atoms with Crippen molar-refractivity contribution >= 4 is 34.3 Å². The first kappa shape index (κ1) is 14.0. The molecule has 4 heteroatoms. The van der Waals surface area contributed by atoms with Crippen LogP contribution in [0.25, 0.3) is 0 Å². The molecule has 4 rings (SSSR count). The van der Waals surface area contributed by atoms with Gasteiger partial charge in [0.25, 0.3) is 5.91 Å². The van der Waals surface area contributed by atoms with E-state index >= 15 is 0 Å². The average molecular weight is 320 g/mol. The molecular weight excluding hydrogens is 304 g/mol. The third-order valence-corrected chi connectivity index (χ3v) is 4.80. The summed E-state index contributed by atoms with van der Waals surface area (Å²) in [5.74, 6) is -0.0637. The molecule has 0 fully saturated rings. The van der Waals surface area contributed by atoms with Crippen molar-refractivity contribution in [3.63, 3.8) is 0 Å². The molecule has 2 heterocycles. The van der Waals surface area contributed by atoms with Crippen molar-refractivity contribution in [2.45, 2.75) is 6.42 Å². The predicted molar refractivity (Wildman–Crippen MR) is 95.9 cm³/mol. The van der Waals surface area contributed by atoms with Crippen molar-refractivity contribution < 1.29 is 4.79 Å². The summed E-state index contributed by atoms with van der Waals surface area (Å²) < 4.78 is 0. The number of para-hydroxylation sites is 3. The topological polar surface area (TPSA) is 32.3 Å². The molecule has 1 N–H and O–H groups in total. The summed E-state index contributed by atoms with van der Waals surface area (Å²) in [7, 11) is 0. The average Bonchev–Trinajstić information content (AvgIpc) is 3.25. The summed E-state index contributed by atoms with van der Waals surface area (Å²) in [4.78, 5) is 14.6. The van der Waals surface area contributed by atoms with Gasteiger partial charge >= 0.3 is 0 Å². The molecule has 1 amide bonds. The molecule has 3 aromatic rings. The van der Waals surface area contributed by atoms with Crippen LogP contribution in [0.15, 0.2) is 65.4 Å². The first-order valence-corrected chi connectivity index (χ1v) is 8.55. The maximum Gasteiger partial charge on any atom is 0.256 e. The second-order valence-corrected chi connectivity index (χ2v) is 6.29. The zero-order valence-electron chi connectivity index (χ0n) is 12.5. The van der Waals surface area contributed by atoms with Crippen LogP contribution < -0.4 is 10.2 Å². The number of benzene rings is 2. The fraction of sp³-hybridized carbons (Fsp3) is 0.105. The molecule has 3 nitrogen and oxygen atoms in total. The molecule has 1 aliphatic rings. The maximum atomic E-state index is 12.4. The number of fused-ring (bicyclic) bond motifs is 1. The number of thiophene rings is 1. The van der Waals surface area contributed by atoms with Gasteiger partial charge in [-0.3, -0.25) is 4.79 Å². The van der Waals surface area contributed by atoms with Gasteiger partial charge in [0, 0.05) is 17.6 Å². The summed E-state index contributed by atoms with van der Waals surface area (Å²) >= 11 is 1.53. The van der Waals surface area contributed by atoms with E-state index in [1.165, 1.54) is 22.6 Å². The van der Waals surface area contributed by atoms with Crippen LogP contribution in [-0.2, 0) is 6.42 Å². The Hall–Kier alpha value is -2.59. The third-order valence-electron chi connectivity index (χ3n) is 4.11. The van der Waals surface area contributed by atoms with Crippen LogP contribution in [0.1, 0.15) is 15.9 Å². The van der Waals surface area contributed by atoms with Gasteiger partial charge in [0.2, 0.25) is 0 Å². The molecular formula is C19H16N2OS. The smallest absolute Gasteiger partial charge is 0.256 e. The fourth-order valence-corrected chi connectivity index (χ4v) is 3.63. The van der Waals surface area contributed by atoms with Crippen LogP contribution in [-0.4, -0.2) is 12.5 Å². The van der Waals surface area contributed by atoms with Gasteiger partial charge in [-0.1, -0.05) is 30.3 Å². The summed E-state index contributed by atoms with van der Waals surface area (Å²) in [6, 6.07) is 18.3. The summed E-state index contributed by atoms with van der Waals surface area (Å²) in [6.07, 6.45) is 1.03. The quantitative estimate of drug-likeness (QED) is 0.759. The number of hydrogen-bond acceptors (Lipinski definition) is 3. The molecule has 0 saturated heterocycles. The minimum atomic E-state index is -0.0637. The first-order valence-electron chi connectivity index (χ1n) is 7.61. The molecule has 0 unspecified atom stereocenters. The number of anilines is 3. The van der Waals surface area contributed by atoms with Crippen molar-refractivity contribution in [2.24, 2.45) is 0 Å². The van der Waals surface area contributed by atoms with Gasteiger partial charge in [-0.2, -0.15) is 11.3 Å². The Morgan fingerprint density at radius 1 is 1.00 bits per heavy atom. The molecule has 0 saturated carbocycles. The van der Waals surface area contributed by atoms with Gasteiger partial charge in [-0.25, -0.2) is 0 Å². The Kier molecular flexibility index (Phi) is 3.60. The van der Waals surface area contributed by atoms with Crippen molar-refractivity contribution in [3.8, 4) is 0 Å². The van der Waals surface area contributed by atoms with E-state index in [0.29, 0.717) is 5.56 Å². The first-order chi connectivity index (χ1) is 11.3. The lowest BCUT2D eigenvalue weighted by Gasteiger charge is -2.23. The maximum absolute atomic E-state index is 12.4. The Morgan fingerprint density at radius 3 is 2.61 bits per heavy atom. The molecule has 0 radical (unpaired) electrons. The van der Waals surface area contributed by atoms with Crippen LogP contribution >= 0.6 is 11.3 Å². The van der Waals surface area contributed by atoms with Crippen LogP contribution in [0, 0.1) is 0 Å².